The van der Waals surface area contributed by atoms with Crippen LogP contribution in [0.2, 0.25) is 0 Å². The Morgan fingerprint density at radius 3 is 1.57 bits per heavy atom. The van der Waals surface area contributed by atoms with Gasteiger partial charge in [-0.15, -0.1) is 0 Å². The quantitative estimate of drug-likeness (QED) is 0.814. The van der Waals surface area contributed by atoms with Crippen LogP contribution in [-0.2, 0) is 0 Å². The highest BCUT2D eigenvalue weighted by Gasteiger charge is 2.86. The van der Waals surface area contributed by atoms with Crippen molar-refractivity contribution >= 4 is 0 Å². The molecule has 2 nitrogen and oxygen atoms in total. The zero-order chi connectivity index (χ0) is 18.3. The summed E-state index contributed by atoms with van der Waals surface area (Å²) in [5.41, 5.74) is -7.65. The molecular formula is C12H9F9O2. The van der Waals surface area contributed by atoms with Crippen LogP contribution in [0.1, 0.15) is 11.7 Å². The van der Waals surface area contributed by atoms with Gasteiger partial charge >= 0.3 is 18.5 Å². The Hall–Kier alpha value is -1.65. The highest BCUT2D eigenvalue weighted by molar-refractivity contribution is 5.37. The number of hydrogen-bond donors (Lipinski definition) is 1. The van der Waals surface area contributed by atoms with Crippen LogP contribution in [-0.4, -0.2) is 30.7 Å². The van der Waals surface area contributed by atoms with Gasteiger partial charge in [-0.2, -0.15) is 39.5 Å². The minimum atomic E-state index is -6.86. The molecule has 0 aromatic heterocycles. The van der Waals surface area contributed by atoms with Crippen molar-refractivity contribution in [3.8, 4) is 5.75 Å². The fourth-order valence-corrected chi connectivity index (χ4v) is 2.07. The molecule has 0 aliphatic heterocycles. The lowest BCUT2D eigenvalue weighted by Gasteiger charge is -2.41. The lowest BCUT2D eigenvalue weighted by atomic mass is 9.76. The second-order valence-corrected chi connectivity index (χ2v) is 4.45. The summed E-state index contributed by atoms with van der Waals surface area (Å²) in [5.74, 6) is -0.748. The smallest absolute Gasteiger partial charge is 0.415 e. The molecule has 1 unspecified atom stereocenters. The van der Waals surface area contributed by atoms with Crippen LogP contribution in [0.5, 0.6) is 5.75 Å². The summed E-state index contributed by atoms with van der Waals surface area (Å²) >= 11 is 0. The van der Waals surface area contributed by atoms with Gasteiger partial charge in [-0.3, -0.25) is 0 Å². The molecule has 1 atom stereocenters. The number of alkyl halides is 9. The van der Waals surface area contributed by atoms with Gasteiger partial charge in [0.05, 0.1) is 7.11 Å². The molecule has 132 valence electrons. The van der Waals surface area contributed by atoms with E-state index in [0.717, 1.165) is 25.3 Å². The molecule has 0 radical (unpaired) electrons. The third-order valence-electron chi connectivity index (χ3n) is 3.19. The van der Waals surface area contributed by atoms with Crippen molar-refractivity contribution in [3.63, 3.8) is 0 Å². The van der Waals surface area contributed by atoms with Crippen molar-refractivity contribution in [2.75, 3.05) is 7.11 Å². The van der Waals surface area contributed by atoms with E-state index < -0.39 is 41.4 Å². The molecule has 0 bridgehead atoms. The maximum Gasteiger partial charge on any atom is 0.415 e. The molecule has 0 amide bonds. The van der Waals surface area contributed by atoms with Crippen LogP contribution < -0.4 is 4.74 Å². The van der Waals surface area contributed by atoms with Crippen molar-refractivity contribution in [1.82, 2.24) is 0 Å². The van der Waals surface area contributed by atoms with Crippen molar-refractivity contribution in [1.29, 1.82) is 0 Å². The van der Waals surface area contributed by atoms with E-state index in [1.165, 1.54) is 0 Å². The summed E-state index contributed by atoms with van der Waals surface area (Å²) in [4.78, 5) is 0. The van der Waals surface area contributed by atoms with Crippen LogP contribution in [0, 0.1) is 5.41 Å². The van der Waals surface area contributed by atoms with Crippen LogP contribution in [0.25, 0.3) is 0 Å². The Bertz CT molecular complexity index is 509. The van der Waals surface area contributed by atoms with Gasteiger partial charge in [0.25, 0.3) is 5.41 Å². The molecular weight excluding hydrogens is 347 g/mol. The third kappa shape index (κ3) is 2.93. The van der Waals surface area contributed by atoms with Crippen LogP contribution in [0.3, 0.4) is 0 Å². The number of aliphatic hydroxyl groups is 1. The molecule has 1 aromatic carbocycles. The number of para-hydroxylation sites is 1. The summed E-state index contributed by atoms with van der Waals surface area (Å²) in [6, 6.07) is 3.29. The highest BCUT2D eigenvalue weighted by Crippen LogP contribution is 2.65. The van der Waals surface area contributed by atoms with E-state index in [4.69, 9.17) is 0 Å². The molecule has 1 N–H and O–H groups in total. The van der Waals surface area contributed by atoms with E-state index in [1.807, 2.05) is 0 Å². The van der Waals surface area contributed by atoms with Gasteiger partial charge in [0.1, 0.15) is 11.9 Å². The Labute approximate surface area is 123 Å². The average molecular weight is 356 g/mol. The van der Waals surface area contributed by atoms with E-state index in [9.17, 15) is 44.6 Å². The zero-order valence-electron chi connectivity index (χ0n) is 11.1. The van der Waals surface area contributed by atoms with E-state index in [1.54, 1.807) is 0 Å². The molecule has 0 aliphatic carbocycles. The molecule has 0 saturated carbocycles. The first kappa shape index (κ1) is 19.4. The average Bonchev–Trinajstić information content (AvgIpc) is 2.33. The van der Waals surface area contributed by atoms with Crippen LogP contribution in [0.4, 0.5) is 39.5 Å². The zero-order valence-corrected chi connectivity index (χ0v) is 11.1. The third-order valence-corrected chi connectivity index (χ3v) is 3.19. The number of methoxy groups -OCH3 is 1. The topological polar surface area (TPSA) is 29.5 Å². The second-order valence-electron chi connectivity index (χ2n) is 4.45. The van der Waals surface area contributed by atoms with Gasteiger partial charge in [-0.05, 0) is 6.07 Å². The van der Waals surface area contributed by atoms with E-state index >= 15 is 0 Å². The number of benzene rings is 1. The van der Waals surface area contributed by atoms with Gasteiger partial charge in [-0.1, -0.05) is 18.2 Å². The first-order valence-electron chi connectivity index (χ1n) is 5.73. The molecule has 0 aliphatic rings. The second kappa shape index (κ2) is 5.77. The number of ether oxygens (including phenoxy) is 1. The largest absolute Gasteiger partial charge is 0.496 e. The Morgan fingerprint density at radius 2 is 1.22 bits per heavy atom. The predicted molar refractivity (Wildman–Crippen MR) is 58.6 cm³/mol. The minimum Gasteiger partial charge on any atom is -0.496 e. The Balaban J connectivity index is 3.77. The fraction of sp³-hybridized carbons (Fsp3) is 0.500. The number of rotatable bonds is 3. The van der Waals surface area contributed by atoms with E-state index in [0.29, 0.717) is 6.07 Å². The van der Waals surface area contributed by atoms with Crippen molar-refractivity contribution < 1.29 is 49.4 Å². The van der Waals surface area contributed by atoms with E-state index in [2.05, 4.69) is 4.74 Å². The molecule has 11 heteroatoms. The molecule has 0 heterocycles. The molecule has 23 heavy (non-hydrogen) atoms. The van der Waals surface area contributed by atoms with Gasteiger partial charge < -0.3 is 9.84 Å². The maximum atomic E-state index is 12.9. The predicted octanol–water partition coefficient (Wildman–Crippen LogP) is 4.40. The normalized spacial score (nSPS) is 15.4. The van der Waals surface area contributed by atoms with Gasteiger partial charge in [-0.25, -0.2) is 0 Å². The molecule has 0 saturated heterocycles. The lowest BCUT2D eigenvalue weighted by molar-refractivity contribution is -0.449. The minimum absolute atomic E-state index is 0.488. The number of halogens is 9. The lowest BCUT2D eigenvalue weighted by Crippen LogP contribution is -2.62. The van der Waals surface area contributed by atoms with E-state index in [-0.39, 0.29) is 0 Å². The van der Waals surface area contributed by atoms with Gasteiger partial charge in [0.2, 0.25) is 0 Å². The monoisotopic (exact) mass is 356 g/mol. The molecule has 0 fully saturated rings. The van der Waals surface area contributed by atoms with Gasteiger partial charge in [0, 0.05) is 5.56 Å². The van der Waals surface area contributed by atoms with Crippen LogP contribution >= 0.6 is 0 Å². The Morgan fingerprint density at radius 1 is 0.826 bits per heavy atom. The molecule has 0 spiro atoms. The Kier molecular flexibility index (Phi) is 4.86. The van der Waals surface area contributed by atoms with Crippen molar-refractivity contribution in [2.24, 2.45) is 5.41 Å². The fourth-order valence-electron chi connectivity index (χ4n) is 2.07. The SMILES string of the molecule is COc1ccccc1C(O)C(C(F)(F)F)(C(F)(F)F)C(F)(F)F. The number of aliphatic hydroxyl groups excluding tert-OH is 1. The van der Waals surface area contributed by atoms with Crippen molar-refractivity contribution in [2.45, 2.75) is 24.6 Å². The summed E-state index contributed by atoms with van der Waals surface area (Å²) in [5, 5.41) is 9.51. The highest BCUT2D eigenvalue weighted by atomic mass is 19.4. The summed E-state index contributed by atoms with van der Waals surface area (Å²) < 4.78 is 121. The summed E-state index contributed by atoms with van der Waals surface area (Å²) in [6.07, 6.45) is -24.6. The van der Waals surface area contributed by atoms with Gasteiger partial charge in [0.15, 0.2) is 0 Å². The molecule has 1 aromatic rings. The standard InChI is InChI=1S/C12H9F9O2/c1-23-7-5-3-2-4-6(7)8(22)9(10(13,14)15,11(16,17)18)12(19,20)21/h2-5,8,22H,1H3. The van der Waals surface area contributed by atoms with Crippen LogP contribution in [0.15, 0.2) is 24.3 Å². The summed E-state index contributed by atoms with van der Waals surface area (Å²) in [6.45, 7) is 0. The first-order valence-corrected chi connectivity index (χ1v) is 5.73. The molecule has 1 rings (SSSR count). The van der Waals surface area contributed by atoms with Crippen molar-refractivity contribution in [3.05, 3.63) is 29.8 Å². The maximum absolute atomic E-state index is 12.9. The number of hydrogen-bond acceptors (Lipinski definition) is 2. The first-order chi connectivity index (χ1) is 10.2. The summed E-state index contributed by atoms with van der Waals surface area (Å²) in [7, 11) is 0.821.